The van der Waals surface area contributed by atoms with Gasteiger partial charge in [0.05, 0.1) is 11.4 Å². The smallest absolute Gasteiger partial charge is 0.255 e. The molecule has 170 valence electrons. The molecule has 1 atom stereocenters. The fourth-order valence-corrected chi connectivity index (χ4v) is 4.99. The van der Waals surface area contributed by atoms with Crippen LogP contribution in [-0.2, 0) is 10.2 Å². The Morgan fingerprint density at radius 3 is 2.48 bits per heavy atom. The average Bonchev–Trinajstić information content (AvgIpc) is 3.16. The summed E-state index contributed by atoms with van der Waals surface area (Å²) in [7, 11) is 0. The van der Waals surface area contributed by atoms with Gasteiger partial charge in [0.25, 0.3) is 5.91 Å². The monoisotopic (exact) mass is 462 g/mol. The molecule has 4 rings (SSSR count). The van der Waals surface area contributed by atoms with E-state index in [2.05, 4.69) is 26.1 Å². The van der Waals surface area contributed by atoms with E-state index in [0.717, 1.165) is 16.7 Å². The molecule has 0 radical (unpaired) electrons. The van der Waals surface area contributed by atoms with Gasteiger partial charge in [-0.1, -0.05) is 51.1 Å². The number of thioether (sulfide) groups is 1. The lowest BCUT2D eigenvalue weighted by atomic mass is 9.87. The van der Waals surface area contributed by atoms with Gasteiger partial charge in [0.15, 0.2) is 0 Å². The van der Waals surface area contributed by atoms with Crippen molar-refractivity contribution in [1.82, 2.24) is 0 Å². The van der Waals surface area contributed by atoms with Crippen molar-refractivity contribution in [2.75, 3.05) is 16.0 Å². The van der Waals surface area contributed by atoms with Crippen LogP contribution in [0.4, 0.5) is 15.8 Å². The molecule has 1 fully saturated rings. The molecular weight excluding hydrogens is 435 g/mol. The lowest BCUT2D eigenvalue weighted by Crippen LogP contribution is -2.28. The normalized spacial score (nSPS) is 16.2. The highest BCUT2D eigenvalue weighted by molar-refractivity contribution is 8.00. The van der Waals surface area contributed by atoms with Crippen LogP contribution in [0.25, 0.3) is 0 Å². The van der Waals surface area contributed by atoms with Gasteiger partial charge in [-0.15, -0.1) is 11.8 Å². The molecule has 1 aliphatic rings. The SMILES string of the molecule is Cc1ccc(F)c(N2C(=O)CS[C@H]2c2cccc(NC(=O)c3ccc(C(C)(C)C)cc3)c2)c1. The third kappa shape index (κ3) is 4.96. The lowest BCUT2D eigenvalue weighted by Gasteiger charge is -2.25. The van der Waals surface area contributed by atoms with Crippen molar-refractivity contribution >= 4 is 35.0 Å². The molecule has 1 N–H and O–H groups in total. The number of nitrogens with zero attached hydrogens (tertiary/aromatic N) is 1. The minimum Gasteiger partial charge on any atom is -0.322 e. The molecule has 1 saturated heterocycles. The number of rotatable bonds is 4. The first-order chi connectivity index (χ1) is 15.6. The molecule has 2 amide bonds. The minimum atomic E-state index is -0.426. The van der Waals surface area contributed by atoms with E-state index in [-0.39, 0.29) is 34.0 Å². The minimum absolute atomic E-state index is 0.0162. The number of carbonyl (C=O) groups excluding carboxylic acids is 2. The quantitative estimate of drug-likeness (QED) is 0.484. The number of benzene rings is 3. The molecule has 1 aliphatic heterocycles. The van der Waals surface area contributed by atoms with Gasteiger partial charge >= 0.3 is 0 Å². The summed E-state index contributed by atoms with van der Waals surface area (Å²) in [6, 6.07) is 19.8. The number of nitrogens with one attached hydrogen (secondary N) is 1. The fraction of sp³-hybridized carbons (Fsp3) is 0.259. The van der Waals surface area contributed by atoms with Crippen molar-refractivity contribution in [1.29, 1.82) is 0 Å². The first-order valence-corrected chi connectivity index (χ1v) is 11.9. The number of carbonyl (C=O) groups is 2. The van der Waals surface area contributed by atoms with Gasteiger partial charge in [-0.25, -0.2) is 4.39 Å². The molecule has 6 heteroatoms. The highest BCUT2D eigenvalue weighted by Gasteiger charge is 2.35. The van der Waals surface area contributed by atoms with E-state index in [1.807, 2.05) is 55.5 Å². The first-order valence-electron chi connectivity index (χ1n) is 10.9. The third-order valence-electron chi connectivity index (χ3n) is 5.67. The Balaban J connectivity index is 1.56. The highest BCUT2D eigenvalue weighted by Crippen LogP contribution is 2.43. The van der Waals surface area contributed by atoms with E-state index in [9.17, 15) is 14.0 Å². The molecule has 0 aromatic heterocycles. The predicted molar refractivity (Wildman–Crippen MR) is 133 cm³/mol. The van der Waals surface area contributed by atoms with E-state index in [4.69, 9.17) is 0 Å². The van der Waals surface area contributed by atoms with Gasteiger partial charge < -0.3 is 5.32 Å². The maximum absolute atomic E-state index is 14.6. The summed E-state index contributed by atoms with van der Waals surface area (Å²) in [5, 5.41) is 2.58. The molecule has 0 bridgehead atoms. The Kier molecular flexibility index (Phi) is 6.30. The molecule has 0 spiro atoms. The van der Waals surface area contributed by atoms with Gasteiger partial charge in [-0.2, -0.15) is 0 Å². The van der Waals surface area contributed by atoms with Crippen LogP contribution in [0.1, 0.15) is 53.2 Å². The topological polar surface area (TPSA) is 49.4 Å². The van der Waals surface area contributed by atoms with E-state index in [1.165, 1.54) is 22.7 Å². The predicted octanol–water partition coefficient (Wildman–Crippen LogP) is 6.46. The number of aryl methyl sites for hydroxylation is 1. The molecule has 3 aromatic carbocycles. The zero-order chi connectivity index (χ0) is 23.8. The van der Waals surface area contributed by atoms with Crippen LogP contribution in [0.2, 0.25) is 0 Å². The second-order valence-electron chi connectivity index (χ2n) is 9.29. The van der Waals surface area contributed by atoms with Crippen LogP contribution in [0.15, 0.2) is 66.7 Å². The second kappa shape index (κ2) is 9.02. The van der Waals surface area contributed by atoms with Crippen LogP contribution >= 0.6 is 11.8 Å². The lowest BCUT2D eigenvalue weighted by molar-refractivity contribution is -0.115. The Labute approximate surface area is 198 Å². The summed E-state index contributed by atoms with van der Waals surface area (Å²) in [5.41, 5.74) is 4.36. The number of halogens is 1. The van der Waals surface area contributed by atoms with E-state index < -0.39 is 5.82 Å². The molecule has 3 aromatic rings. The number of amides is 2. The van der Waals surface area contributed by atoms with Crippen LogP contribution in [0, 0.1) is 12.7 Å². The van der Waals surface area contributed by atoms with E-state index >= 15 is 0 Å². The summed E-state index contributed by atoms with van der Waals surface area (Å²) in [6.45, 7) is 8.26. The number of hydrogen-bond donors (Lipinski definition) is 1. The summed E-state index contributed by atoms with van der Waals surface area (Å²) >= 11 is 1.45. The molecule has 1 heterocycles. The van der Waals surface area contributed by atoms with Gasteiger partial charge in [0.1, 0.15) is 11.2 Å². The highest BCUT2D eigenvalue weighted by atomic mass is 32.2. The third-order valence-corrected chi connectivity index (χ3v) is 6.88. The zero-order valence-corrected chi connectivity index (χ0v) is 20.0. The Hall–Kier alpha value is -3.12. The standard InChI is InChI=1S/C27H27FN2O2S/c1-17-8-13-22(28)23(14-17)30-24(31)16-33-26(30)19-6-5-7-21(15-19)29-25(32)18-9-11-20(12-10-18)27(2,3)4/h5-15,26H,16H2,1-4H3,(H,29,32)/t26-/m0/s1. The summed E-state index contributed by atoms with van der Waals surface area (Å²) < 4.78 is 14.6. The van der Waals surface area contributed by atoms with Gasteiger partial charge in [-0.3, -0.25) is 14.5 Å². The van der Waals surface area contributed by atoms with E-state index in [0.29, 0.717) is 11.3 Å². The molecular formula is C27H27FN2O2S. The van der Waals surface area contributed by atoms with Crippen molar-refractivity contribution in [3.05, 3.63) is 94.8 Å². The Morgan fingerprint density at radius 1 is 1.06 bits per heavy atom. The van der Waals surface area contributed by atoms with Gasteiger partial charge in [-0.05, 0) is 65.4 Å². The Morgan fingerprint density at radius 2 is 1.79 bits per heavy atom. The Bertz CT molecular complexity index is 1200. The molecule has 0 saturated carbocycles. The van der Waals surface area contributed by atoms with Crippen molar-refractivity contribution < 1.29 is 14.0 Å². The molecule has 33 heavy (non-hydrogen) atoms. The van der Waals surface area contributed by atoms with Crippen LogP contribution in [-0.4, -0.2) is 17.6 Å². The maximum atomic E-state index is 14.6. The average molecular weight is 463 g/mol. The number of hydrogen-bond acceptors (Lipinski definition) is 3. The molecule has 0 unspecified atom stereocenters. The van der Waals surface area contributed by atoms with Crippen molar-refractivity contribution in [3.8, 4) is 0 Å². The van der Waals surface area contributed by atoms with Crippen molar-refractivity contribution in [2.24, 2.45) is 0 Å². The first kappa shape index (κ1) is 23.1. The van der Waals surface area contributed by atoms with Crippen molar-refractivity contribution in [3.63, 3.8) is 0 Å². The van der Waals surface area contributed by atoms with Crippen LogP contribution < -0.4 is 10.2 Å². The summed E-state index contributed by atoms with van der Waals surface area (Å²) in [5.74, 6) is -0.494. The second-order valence-corrected chi connectivity index (χ2v) is 10.4. The summed E-state index contributed by atoms with van der Waals surface area (Å²) in [4.78, 5) is 26.9. The van der Waals surface area contributed by atoms with E-state index in [1.54, 1.807) is 12.1 Å². The maximum Gasteiger partial charge on any atom is 0.255 e. The fourth-order valence-electron chi connectivity index (χ4n) is 3.83. The number of anilines is 2. The molecule has 0 aliphatic carbocycles. The van der Waals surface area contributed by atoms with Crippen LogP contribution in [0.5, 0.6) is 0 Å². The van der Waals surface area contributed by atoms with Gasteiger partial charge in [0.2, 0.25) is 5.91 Å². The molecule has 4 nitrogen and oxygen atoms in total. The largest absolute Gasteiger partial charge is 0.322 e. The van der Waals surface area contributed by atoms with Crippen LogP contribution in [0.3, 0.4) is 0 Å². The zero-order valence-electron chi connectivity index (χ0n) is 19.2. The van der Waals surface area contributed by atoms with Crippen molar-refractivity contribution in [2.45, 2.75) is 38.5 Å². The van der Waals surface area contributed by atoms with Gasteiger partial charge in [0, 0.05) is 11.3 Å². The summed E-state index contributed by atoms with van der Waals surface area (Å²) in [6.07, 6.45) is 0.